The maximum atomic E-state index is 12.1. The van der Waals surface area contributed by atoms with Crippen molar-refractivity contribution in [1.29, 1.82) is 0 Å². The Hall–Kier alpha value is -2.30. The molecule has 0 aliphatic carbocycles. The van der Waals surface area contributed by atoms with Crippen LogP contribution in [0.25, 0.3) is 10.9 Å². The molecule has 0 radical (unpaired) electrons. The van der Waals surface area contributed by atoms with E-state index >= 15 is 0 Å². The fourth-order valence-corrected chi connectivity index (χ4v) is 2.79. The van der Waals surface area contributed by atoms with Crippen LogP contribution in [0.3, 0.4) is 0 Å². The highest BCUT2D eigenvalue weighted by atomic mass is 16.2. The topological polar surface area (TPSA) is 65.2 Å². The quantitative estimate of drug-likeness (QED) is 0.890. The standard InChI is InChI=1S/C18H25N3O2/c1-13(22)21(18(2,3)4)10-9-19-17(23)11-14-12-20-16-8-6-5-7-15(14)16/h5-8,12,20H,9-11H2,1-4H3,(H,19,23). The molecule has 0 bridgehead atoms. The van der Waals surface area contributed by atoms with Gasteiger partial charge in [-0.25, -0.2) is 0 Å². The van der Waals surface area contributed by atoms with Crippen molar-refractivity contribution in [3.63, 3.8) is 0 Å². The third-order valence-corrected chi connectivity index (χ3v) is 3.87. The van der Waals surface area contributed by atoms with Crippen LogP contribution in [-0.2, 0) is 16.0 Å². The minimum atomic E-state index is -0.243. The summed E-state index contributed by atoms with van der Waals surface area (Å²) in [6.45, 7) is 8.49. The number of benzene rings is 1. The maximum Gasteiger partial charge on any atom is 0.224 e. The molecule has 1 heterocycles. The number of para-hydroxylation sites is 1. The summed E-state index contributed by atoms with van der Waals surface area (Å²) in [5.74, 6) is -0.0180. The van der Waals surface area contributed by atoms with E-state index < -0.39 is 0 Å². The van der Waals surface area contributed by atoms with Gasteiger partial charge in [0.25, 0.3) is 0 Å². The monoisotopic (exact) mass is 315 g/mol. The highest BCUT2D eigenvalue weighted by Gasteiger charge is 2.23. The van der Waals surface area contributed by atoms with Crippen LogP contribution in [0.4, 0.5) is 0 Å². The zero-order chi connectivity index (χ0) is 17.0. The highest BCUT2D eigenvalue weighted by molar-refractivity contribution is 5.88. The van der Waals surface area contributed by atoms with Gasteiger partial charge in [0.05, 0.1) is 6.42 Å². The van der Waals surface area contributed by atoms with Crippen molar-refractivity contribution in [3.05, 3.63) is 36.0 Å². The lowest BCUT2D eigenvalue weighted by Crippen LogP contribution is -2.48. The Morgan fingerprint density at radius 2 is 1.91 bits per heavy atom. The molecule has 0 aliphatic rings. The summed E-state index contributed by atoms with van der Waals surface area (Å²) >= 11 is 0. The van der Waals surface area contributed by atoms with E-state index in [2.05, 4.69) is 10.3 Å². The van der Waals surface area contributed by atoms with Gasteiger partial charge >= 0.3 is 0 Å². The van der Waals surface area contributed by atoms with Crippen LogP contribution in [0.15, 0.2) is 30.5 Å². The van der Waals surface area contributed by atoms with Gasteiger partial charge in [-0.15, -0.1) is 0 Å². The Kier molecular flexibility index (Phi) is 5.08. The van der Waals surface area contributed by atoms with Gasteiger partial charge in [-0.2, -0.15) is 0 Å². The Labute approximate surface area is 137 Å². The van der Waals surface area contributed by atoms with E-state index in [0.717, 1.165) is 16.5 Å². The average Bonchev–Trinajstić information content (AvgIpc) is 2.85. The van der Waals surface area contributed by atoms with E-state index in [1.165, 1.54) is 0 Å². The van der Waals surface area contributed by atoms with E-state index in [9.17, 15) is 9.59 Å². The van der Waals surface area contributed by atoms with Gasteiger partial charge in [0, 0.05) is 42.7 Å². The minimum Gasteiger partial charge on any atom is -0.361 e. The van der Waals surface area contributed by atoms with Crippen molar-refractivity contribution in [2.24, 2.45) is 0 Å². The zero-order valence-corrected chi connectivity index (χ0v) is 14.3. The first kappa shape index (κ1) is 17.1. The summed E-state index contributed by atoms with van der Waals surface area (Å²) in [4.78, 5) is 28.7. The third-order valence-electron chi connectivity index (χ3n) is 3.87. The van der Waals surface area contributed by atoms with Gasteiger partial charge in [-0.3, -0.25) is 9.59 Å². The first-order valence-corrected chi connectivity index (χ1v) is 7.89. The fourth-order valence-electron chi connectivity index (χ4n) is 2.79. The number of H-pyrrole nitrogens is 1. The predicted octanol–water partition coefficient (Wildman–Crippen LogP) is 2.47. The van der Waals surface area contributed by atoms with Crippen molar-refractivity contribution < 1.29 is 9.59 Å². The van der Waals surface area contributed by atoms with E-state index in [0.29, 0.717) is 19.5 Å². The van der Waals surface area contributed by atoms with Crippen molar-refractivity contribution >= 4 is 22.7 Å². The molecule has 5 heteroatoms. The van der Waals surface area contributed by atoms with Gasteiger partial charge in [-0.05, 0) is 32.4 Å². The second-order valence-corrected chi connectivity index (χ2v) is 6.73. The molecular formula is C18H25N3O2. The van der Waals surface area contributed by atoms with Crippen LogP contribution >= 0.6 is 0 Å². The molecule has 2 rings (SSSR count). The fraction of sp³-hybridized carbons (Fsp3) is 0.444. The molecule has 2 N–H and O–H groups in total. The Balaban J connectivity index is 1.89. The SMILES string of the molecule is CC(=O)N(CCNC(=O)Cc1c[nH]c2ccccc12)C(C)(C)C. The van der Waals surface area contributed by atoms with E-state index in [-0.39, 0.29) is 17.4 Å². The molecule has 0 unspecified atom stereocenters. The zero-order valence-electron chi connectivity index (χ0n) is 14.3. The number of nitrogens with zero attached hydrogens (tertiary/aromatic N) is 1. The number of aromatic nitrogens is 1. The molecule has 0 saturated heterocycles. The molecule has 2 aromatic rings. The van der Waals surface area contributed by atoms with Crippen molar-refractivity contribution in [2.45, 2.75) is 39.7 Å². The summed E-state index contributed by atoms with van der Waals surface area (Å²) in [7, 11) is 0. The summed E-state index contributed by atoms with van der Waals surface area (Å²) in [5.41, 5.74) is 1.77. The third kappa shape index (κ3) is 4.34. The molecule has 23 heavy (non-hydrogen) atoms. The second kappa shape index (κ2) is 6.86. The molecule has 124 valence electrons. The first-order chi connectivity index (χ1) is 10.8. The van der Waals surface area contributed by atoms with Crippen LogP contribution in [0, 0.1) is 0 Å². The largest absolute Gasteiger partial charge is 0.361 e. The molecule has 2 amide bonds. The number of nitrogens with one attached hydrogen (secondary N) is 2. The van der Waals surface area contributed by atoms with Gasteiger partial charge in [-0.1, -0.05) is 18.2 Å². The second-order valence-electron chi connectivity index (χ2n) is 6.73. The Morgan fingerprint density at radius 3 is 2.57 bits per heavy atom. The van der Waals surface area contributed by atoms with Crippen molar-refractivity contribution in [3.8, 4) is 0 Å². The normalized spacial score (nSPS) is 11.5. The van der Waals surface area contributed by atoms with Crippen LogP contribution < -0.4 is 5.32 Å². The average molecular weight is 315 g/mol. The number of amides is 2. The molecule has 1 aromatic heterocycles. The number of carbonyl (C=O) groups excluding carboxylic acids is 2. The van der Waals surface area contributed by atoms with E-state index in [1.807, 2.05) is 51.2 Å². The summed E-state index contributed by atoms with van der Waals surface area (Å²) in [6, 6.07) is 7.92. The van der Waals surface area contributed by atoms with Crippen molar-refractivity contribution in [1.82, 2.24) is 15.2 Å². The molecule has 0 atom stereocenters. The Morgan fingerprint density at radius 1 is 1.22 bits per heavy atom. The molecule has 1 aromatic carbocycles. The Bertz CT molecular complexity index is 698. The lowest BCUT2D eigenvalue weighted by atomic mass is 10.1. The molecule has 0 aliphatic heterocycles. The minimum absolute atomic E-state index is 0.0170. The number of aromatic amines is 1. The number of rotatable bonds is 5. The van der Waals surface area contributed by atoms with Crippen LogP contribution in [0.5, 0.6) is 0 Å². The van der Waals surface area contributed by atoms with Crippen LogP contribution in [0.2, 0.25) is 0 Å². The summed E-state index contributed by atoms with van der Waals surface area (Å²) in [5, 5.41) is 3.97. The molecule has 0 spiro atoms. The van der Waals surface area contributed by atoms with E-state index in [4.69, 9.17) is 0 Å². The smallest absolute Gasteiger partial charge is 0.224 e. The molecule has 5 nitrogen and oxygen atoms in total. The lowest BCUT2D eigenvalue weighted by molar-refractivity contribution is -0.134. The van der Waals surface area contributed by atoms with Crippen LogP contribution in [0.1, 0.15) is 33.3 Å². The number of hydrogen-bond acceptors (Lipinski definition) is 2. The van der Waals surface area contributed by atoms with Gasteiger partial charge < -0.3 is 15.2 Å². The first-order valence-electron chi connectivity index (χ1n) is 7.89. The summed E-state index contributed by atoms with van der Waals surface area (Å²) < 4.78 is 0. The van der Waals surface area contributed by atoms with Crippen molar-refractivity contribution in [2.75, 3.05) is 13.1 Å². The molecular weight excluding hydrogens is 290 g/mol. The number of fused-ring (bicyclic) bond motifs is 1. The summed E-state index contributed by atoms with van der Waals surface area (Å²) in [6.07, 6.45) is 2.21. The van der Waals surface area contributed by atoms with Crippen LogP contribution in [-0.4, -0.2) is 40.3 Å². The predicted molar refractivity (Wildman–Crippen MR) is 92.2 cm³/mol. The maximum absolute atomic E-state index is 12.1. The molecule has 0 saturated carbocycles. The molecule has 0 fully saturated rings. The lowest BCUT2D eigenvalue weighted by Gasteiger charge is -2.35. The number of carbonyl (C=O) groups is 2. The number of hydrogen-bond donors (Lipinski definition) is 2. The van der Waals surface area contributed by atoms with E-state index in [1.54, 1.807) is 11.8 Å². The van der Waals surface area contributed by atoms with Gasteiger partial charge in [0.2, 0.25) is 11.8 Å². The van der Waals surface area contributed by atoms with Gasteiger partial charge in [0.15, 0.2) is 0 Å². The highest BCUT2D eigenvalue weighted by Crippen LogP contribution is 2.18. The van der Waals surface area contributed by atoms with Gasteiger partial charge in [0.1, 0.15) is 0 Å².